The van der Waals surface area contributed by atoms with Gasteiger partial charge in [0.25, 0.3) is 0 Å². The lowest BCUT2D eigenvalue weighted by molar-refractivity contribution is 0.687. The molecule has 0 aliphatic heterocycles. The van der Waals surface area contributed by atoms with E-state index in [1.165, 1.54) is 4.70 Å². The van der Waals surface area contributed by atoms with Crippen molar-refractivity contribution in [3.63, 3.8) is 0 Å². The van der Waals surface area contributed by atoms with Gasteiger partial charge in [0, 0.05) is 24.5 Å². The first-order chi connectivity index (χ1) is 11.8. The molecule has 3 heterocycles. The van der Waals surface area contributed by atoms with E-state index in [-0.39, 0.29) is 0 Å². The minimum atomic E-state index is 0.799. The van der Waals surface area contributed by atoms with Crippen LogP contribution in [0.1, 0.15) is 11.9 Å². The summed E-state index contributed by atoms with van der Waals surface area (Å²) in [5.41, 5.74) is 2.10. The highest BCUT2D eigenvalue weighted by atomic mass is 32.2. The van der Waals surface area contributed by atoms with Crippen molar-refractivity contribution in [3.8, 4) is 11.4 Å². The third-order valence-corrected chi connectivity index (χ3v) is 5.83. The van der Waals surface area contributed by atoms with Crippen molar-refractivity contribution in [1.29, 1.82) is 0 Å². The largest absolute Gasteiger partial charge is 0.302 e. The average Bonchev–Trinajstić information content (AvgIpc) is 3.23. The van der Waals surface area contributed by atoms with Crippen LogP contribution < -0.4 is 0 Å². The van der Waals surface area contributed by atoms with E-state index in [0.29, 0.717) is 0 Å². The van der Waals surface area contributed by atoms with E-state index in [9.17, 15) is 0 Å². The number of rotatable bonds is 5. The van der Waals surface area contributed by atoms with Crippen molar-refractivity contribution in [3.05, 3.63) is 53.8 Å². The van der Waals surface area contributed by atoms with Crippen LogP contribution in [0.15, 0.2) is 53.9 Å². The molecule has 5 nitrogen and oxygen atoms in total. The third kappa shape index (κ3) is 2.92. The van der Waals surface area contributed by atoms with Crippen LogP contribution in [0.25, 0.3) is 21.6 Å². The molecular weight excluding hydrogens is 338 g/mol. The van der Waals surface area contributed by atoms with Crippen LogP contribution >= 0.6 is 23.1 Å². The fourth-order valence-corrected chi connectivity index (χ4v) is 4.47. The van der Waals surface area contributed by atoms with E-state index < -0.39 is 0 Å². The van der Waals surface area contributed by atoms with Crippen LogP contribution in [0, 0.1) is 0 Å². The smallest absolute Gasteiger partial charge is 0.191 e. The number of para-hydroxylation sites is 1. The van der Waals surface area contributed by atoms with Crippen molar-refractivity contribution in [2.75, 3.05) is 0 Å². The molecular formula is C17H15N5S2. The molecule has 0 unspecified atom stereocenters. The lowest BCUT2D eigenvalue weighted by Crippen LogP contribution is -1.99. The summed E-state index contributed by atoms with van der Waals surface area (Å²) in [7, 11) is 0. The standard InChI is InChI=1S/C17H15N5S2/c1-2-22-16(12-7-9-18-10-8-12)20-21-17(22)23-11-15-19-13-5-3-4-6-14(13)24-15/h3-10H,2,11H2,1H3. The van der Waals surface area contributed by atoms with Crippen LogP contribution in [-0.2, 0) is 12.3 Å². The van der Waals surface area contributed by atoms with Crippen molar-refractivity contribution >= 4 is 33.3 Å². The molecule has 0 saturated carbocycles. The molecule has 0 amide bonds. The number of hydrogen-bond acceptors (Lipinski definition) is 6. The molecule has 1 aromatic carbocycles. The van der Waals surface area contributed by atoms with Crippen molar-refractivity contribution < 1.29 is 0 Å². The van der Waals surface area contributed by atoms with E-state index in [1.54, 1.807) is 35.5 Å². The van der Waals surface area contributed by atoms with Crippen LogP contribution in [0.4, 0.5) is 0 Å². The number of thioether (sulfide) groups is 1. The Bertz CT molecular complexity index is 928. The van der Waals surface area contributed by atoms with Crippen molar-refractivity contribution in [2.24, 2.45) is 0 Å². The second kappa shape index (κ2) is 6.70. The van der Waals surface area contributed by atoms with Crippen LogP contribution in [0.5, 0.6) is 0 Å². The summed E-state index contributed by atoms with van der Waals surface area (Å²) in [4.78, 5) is 8.74. The van der Waals surface area contributed by atoms with E-state index in [0.717, 1.165) is 39.4 Å². The molecule has 0 bridgehead atoms. The Hall–Kier alpha value is -2.25. The van der Waals surface area contributed by atoms with E-state index >= 15 is 0 Å². The monoisotopic (exact) mass is 353 g/mol. The summed E-state index contributed by atoms with van der Waals surface area (Å²) >= 11 is 3.41. The average molecular weight is 353 g/mol. The summed E-state index contributed by atoms with van der Waals surface area (Å²) in [5.74, 6) is 1.68. The van der Waals surface area contributed by atoms with Gasteiger partial charge >= 0.3 is 0 Å². The van der Waals surface area contributed by atoms with Gasteiger partial charge in [-0.05, 0) is 31.2 Å². The summed E-state index contributed by atoms with van der Waals surface area (Å²) < 4.78 is 3.36. The lowest BCUT2D eigenvalue weighted by Gasteiger charge is -2.06. The zero-order valence-electron chi connectivity index (χ0n) is 13.1. The lowest BCUT2D eigenvalue weighted by atomic mass is 10.2. The highest BCUT2D eigenvalue weighted by Gasteiger charge is 2.14. The summed E-state index contributed by atoms with van der Waals surface area (Å²) in [5, 5.41) is 10.8. The predicted molar refractivity (Wildman–Crippen MR) is 98.1 cm³/mol. The molecule has 0 spiro atoms. The van der Waals surface area contributed by atoms with Crippen LogP contribution in [0.3, 0.4) is 0 Å². The number of fused-ring (bicyclic) bond motifs is 1. The Balaban J connectivity index is 1.57. The Morgan fingerprint density at radius 1 is 1.08 bits per heavy atom. The molecule has 0 aliphatic rings. The van der Waals surface area contributed by atoms with Gasteiger partial charge in [-0.3, -0.25) is 4.98 Å². The number of thiazole rings is 1. The first-order valence-electron chi connectivity index (χ1n) is 7.66. The van der Waals surface area contributed by atoms with Crippen molar-refractivity contribution in [2.45, 2.75) is 24.4 Å². The predicted octanol–water partition coefficient (Wildman–Crippen LogP) is 4.26. The summed E-state index contributed by atoms with van der Waals surface area (Å²) in [6, 6.07) is 12.1. The maximum Gasteiger partial charge on any atom is 0.191 e. The van der Waals surface area contributed by atoms with Gasteiger partial charge in [0.15, 0.2) is 11.0 Å². The first-order valence-corrected chi connectivity index (χ1v) is 9.46. The van der Waals surface area contributed by atoms with Gasteiger partial charge in [0.05, 0.1) is 16.0 Å². The van der Waals surface area contributed by atoms with Gasteiger partial charge in [-0.25, -0.2) is 4.98 Å². The van der Waals surface area contributed by atoms with E-state index in [2.05, 4.69) is 43.8 Å². The third-order valence-electron chi connectivity index (χ3n) is 3.63. The summed E-state index contributed by atoms with van der Waals surface area (Å²) in [6.07, 6.45) is 3.55. The Morgan fingerprint density at radius 3 is 2.71 bits per heavy atom. The first kappa shape index (κ1) is 15.3. The molecule has 0 saturated heterocycles. The molecule has 0 aliphatic carbocycles. The van der Waals surface area contributed by atoms with E-state index in [4.69, 9.17) is 0 Å². The molecule has 0 N–H and O–H groups in total. The number of benzene rings is 1. The topological polar surface area (TPSA) is 56.5 Å². The molecule has 3 aromatic heterocycles. The minimum absolute atomic E-state index is 0.799. The Morgan fingerprint density at radius 2 is 1.92 bits per heavy atom. The van der Waals surface area contributed by atoms with Gasteiger partial charge in [-0.15, -0.1) is 21.5 Å². The zero-order chi connectivity index (χ0) is 16.4. The Labute approximate surface area is 147 Å². The van der Waals surface area contributed by atoms with Crippen LogP contribution in [0.2, 0.25) is 0 Å². The molecule has 4 rings (SSSR count). The fraction of sp³-hybridized carbons (Fsp3) is 0.176. The molecule has 7 heteroatoms. The zero-order valence-corrected chi connectivity index (χ0v) is 14.7. The van der Waals surface area contributed by atoms with Gasteiger partial charge in [-0.1, -0.05) is 23.9 Å². The maximum atomic E-state index is 4.68. The number of aromatic nitrogens is 5. The van der Waals surface area contributed by atoms with Gasteiger partial charge in [-0.2, -0.15) is 0 Å². The molecule has 24 heavy (non-hydrogen) atoms. The molecule has 0 atom stereocenters. The normalized spacial score (nSPS) is 11.2. The molecule has 0 fully saturated rings. The molecule has 4 aromatic rings. The summed E-state index contributed by atoms with van der Waals surface area (Å²) in [6.45, 7) is 2.93. The molecule has 120 valence electrons. The second-order valence-electron chi connectivity index (χ2n) is 5.15. The molecule has 0 radical (unpaired) electrons. The Kier molecular flexibility index (Phi) is 4.27. The van der Waals surface area contributed by atoms with Gasteiger partial charge in [0.1, 0.15) is 5.01 Å². The number of pyridine rings is 1. The van der Waals surface area contributed by atoms with Gasteiger partial charge in [0.2, 0.25) is 0 Å². The SMILES string of the molecule is CCn1c(SCc2nc3ccccc3s2)nnc1-c1ccncc1. The number of nitrogens with zero attached hydrogens (tertiary/aromatic N) is 5. The van der Waals surface area contributed by atoms with E-state index in [1.807, 2.05) is 24.3 Å². The fourth-order valence-electron chi connectivity index (χ4n) is 2.50. The highest BCUT2D eigenvalue weighted by Crippen LogP contribution is 2.29. The van der Waals surface area contributed by atoms with Crippen LogP contribution in [-0.4, -0.2) is 24.7 Å². The quantitative estimate of drug-likeness (QED) is 0.502. The second-order valence-corrected chi connectivity index (χ2v) is 7.21. The number of hydrogen-bond donors (Lipinski definition) is 0. The van der Waals surface area contributed by atoms with Crippen molar-refractivity contribution in [1.82, 2.24) is 24.7 Å². The maximum absolute atomic E-state index is 4.68. The minimum Gasteiger partial charge on any atom is -0.302 e. The highest BCUT2D eigenvalue weighted by molar-refractivity contribution is 7.98. The van der Waals surface area contributed by atoms with Gasteiger partial charge < -0.3 is 4.57 Å².